The molecule has 2 rings (SSSR count). The first kappa shape index (κ1) is 11.4. The zero-order chi connectivity index (χ0) is 12.6. The van der Waals surface area contributed by atoms with E-state index in [9.17, 15) is 22.8 Å². The standard InChI is InChI=1S/C9H6F3N3O2/c10-4-1-5(11)9(14-8(4)12)15-2-6(16)13-7(17)3-15/h1H,2-3H2,(H,13,16,17). The summed E-state index contributed by atoms with van der Waals surface area (Å²) in [6, 6.07) is 0.314. The maximum Gasteiger partial charge on any atom is 0.251 e. The molecule has 17 heavy (non-hydrogen) atoms. The third-order valence-electron chi connectivity index (χ3n) is 2.12. The summed E-state index contributed by atoms with van der Waals surface area (Å²) in [6.07, 6.45) is 0. The third kappa shape index (κ3) is 2.19. The molecular formula is C9H6F3N3O2. The van der Waals surface area contributed by atoms with Gasteiger partial charge in [0.2, 0.25) is 11.8 Å². The number of nitrogens with one attached hydrogen (secondary N) is 1. The van der Waals surface area contributed by atoms with E-state index in [-0.39, 0.29) is 13.1 Å². The SMILES string of the molecule is O=C1CN(c2nc(F)c(F)cc2F)CC(=O)N1. The quantitative estimate of drug-likeness (QED) is 0.557. The van der Waals surface area contributed by atoms with Crippen molar-refractivity contribution in [1.82, 2.24) is 10.3 Å². The molecule has 1 fully saturated rings. The number of hydrogen-bond donors (Lipinski definition) is 1. The number of nitrogens with zero attached hydrogens (tertiary/aromatic N) is 2. The van der Waals surface area contributed by atoms with E-state index in [2.05, 4.69) is 4.98 Å². The molecule has 0 aromatic carbocycles. The van der Waals surface area contributed by atoms with Crippen molar-refractivity contribution in [3.05, 3.63) is 23.6 Å². The van der Waals surface area contributed by atoms with E-state index in [1.165, 1.54) is 0 Å². The van der Waals surface area contributed by atoms with Crippen LogP contribution in [0, 0.1) is 17.6 Å². The summed E-state index contributed by atoms with van der Waals surface area (Å²) >= 11 is 0. The average Bonchev–Trinajstić information content (AvgIpc) is 2.22. The van der Waals surface area contributed by atoms with Crippen LogP contribution in [0.2, 0.25) is 0 Å². The maximum absolute atomic E-state index is 13.3. The Labute approximate surface area is 93.2 Å². The van der Waals surface area contributed by atoms with E-state index in [0.717, 1.165) is 4.90 Å². The van der Waals surface area contributed by atoms with E-state index < -0.39 is 35.2 Å². The second-order valence-electron chi connectivity index (χ2n) is 3.39. The summed E-state index contributed by atoms with van der Waals surface area (Å²) in [6.45, 7) is -0.693. The first-order valence-electron chi connectivity index (χ1n) is 4.56. The van der Waals surface area contributed by atoms with Gasteiger partial charge in [-0.1, -0.05) is 0 Å². The summed E-state index contributed by atoms with van der Waals surface area (Å²) in [5.41, 5.74) is 0. The minimum absolute atomic E-state index is 0.314. The molecule has 1 aromatic heterocycles. The van der Waals surface area contributed by atoms with Gasteiger partial charge in [0, 0.05) is 6.07 Å². The van der Waals surface area contributed by atoms with Crippen LogP contribution in [0.5, 0.6) is 0 Å². The van der Waals surface area contributed by atoms with Gasteiger partial charge in [0.1, 0.15) is 0 Å². The lowest BCUT2D eigenvalue weighted by atomic mass is 10.3. The molecule has 8 heteroatoms. The van der Waals surface area contributed by atoms with Crippen LogP contribution >= 0.6 is 0 Å². The number of anilines is 1. The van der Waals surface area contributed by atoms with Gasteiger partial charge in [-0.05, 0) is 0 Å². The summed E-state index contributed by atoms with van der Waals surface area (Å²) in [5, 5.41) is 1.99. The van der Waals surface area contributed by atoms with Crippen LogP contribution in [0.3, 0.4) is 0 Å². The molecule has 0 aliphatic carbocycles. The smallest absolute Gasteiger partial charge is 0.251 e. The molecular weight excluding hydrogens is 239 g/mol. The van der Waals surface area contributed by atoms with Crippen LogP contribution < -0.4 is 10.2 Å². The second kappa shape index (κ2) is 4.04. The molecule has 0 atom stereocenters. The molecule has 1 saturated heterocycles. The predicted octanol–water partition coefficient (Wildman–Crippen LogP) is -0.0383. The summed E-state index contributed by atoms with van der Waals surface area (Å²) in [5.74, 6) is -5.93. The fourth-order valence-electron chi connectivity index (χ4n) is 1.44. The van der Waals surface area contributed by atoms with Crippen LogP contribution in [0.15, 0.2) is 6.07 Å². The number of carbonyl (C=O) groups excluding carboxylic acids is 2. The lowest BCUT2D eigenvalue weighted by molar-refractivity contribution is -0.130. The Bertz CT molecular complexity index is 491. The number of piperazine rings is 1. The topological polar surface area (TPSA) is 62.3 Å². The molecule has 5 nitrogen and oxygen atoms in total. The van der Waals surface area contributed by atoms with Crippen molar-refractivity contribution >= 4 is 17.6 Å². The molecule has 2 heterocycles. The highest BCUT2D eigenvalue weighted by Crippen LogP contribution is 2.19. The number of hydrogen-bond acceptors (Lipinski definition) is 4. The molecule has 0 unspecified atom stereocenters. The second-order valence-corrected chi connectivity index (χ2v) is 3.39. The largest absolute Gasteiger partial charge is 0.335 e. The van der Waals surface area contributed by atoms with E-state index in [4.69, 9.17) is 0 Å². The number of amides is 2. The fraction of sp³-hybridized carbons (Fsp3) is 0.222. The lowest BCUT2D eigenvalue weighted by Crippen LogP contribution is -2.52. The molecule has 0 bridgehead atoms. The first-order chi connectivity index (χ1) is 7.97. The lowest BCUT2D eigenvalue weighted by Gasteiger charge is -2.26. The highest BCUT2D eigenvalue weighted by Gasteiger charge is 2.26. The van der Waals surface area contributed by atoms with Gasteiger partial charge in [0.25, 0.3) is 5.95 Å². The van der Waals surface area contributed by atoms with Gasteiger partial charge in [-0.25, -0.2) is 8.78 Å². The molecule has 0 spiro atoms. The average molecular weight is 245 g/mol. The molecule has 1 aromatic rings. The molecule has 2 amide bonds. The first-order valence-corrected chi connectivity index (χ1v) is 4.56. The molecule has 90 valence electrons. The van der Waals surface area contributed by atoms with Crippen molar-refractivity contribution in [3.8, 4) is 0 Å². The van der Waals surface area contributed by atoms with Gasteiger partial charge < -0.3 is 4.90 Å². The molecule has 1 aliphatic rings. The van der Waals surface area contributed by atoms with Crippen molar-refractivity contribution in [2.75, 3.05) is 18.0 Å². The van der Waals surface area contributed by atoms with Gasteiger partial charge in [-0.3, -0.25) is 14.9 Å². The number of rotatable bonds is 1. The van der Waals surface area contributed by atoms with Gasteiger partial charge in [0.05, 0.1) is 13.1 Å². The van der Waals surface area contributed by atoms with Crippen LogP contribution in [-0.4, -0.2) is 29.9 Å². The Morgan fingerprint density at radius 1 is 1.12 bits per heavy atom. The number of carbonyl (C=O) groups is 2. The third-order valence-corrected chi connectivity index (χ3v) is 2.12. The van der Waals surface area contributed by atoms with Crippen molar-refractivity contribution in [2.45, 2.75) is 0 Å². The summed E-state index contributed by atoms with van der Waals surface area (Å²) in [4.78, 5) is 26.0. The monoisotopic (exact) mass is 245 g/mol. The zero-order valence-corrected chi connectivity index (χ0v) is 8.34. The number of imide groups is 1. The zero-order valence-electron chi connectivity index (χ0n) is 8.34. The minimum atomic E-state index is -1.49. The van der Waals surface area contributed by atoms with E-state index in [1.807, 2.05) is 5.32 Å². The highest BCUT2D eigenvalue weighted by atomic mass is 19.2. The van der Waals surface area contributed by atoms with Gasteiger partial charge in [-0.15, -0.1) is 0 Å². The van der Waals surface area contributed by atoms with Gasteiger partial charge >= 0.3 is 0 Å². The van der Waals surface area contributed by atoms with Crippen molar-refractivity contribution in [3.63, 3.8) is 0 Å². The molecule has 0 radical (unpaired) electrons. The maximum atomic E-state index is 13.3. The van der Waals surface area contributed by atoms with Crippen molar-refractivity contribution in [1.29, 1.82) is 0 Å². The van der Waals surface area contributed by atoms with Crippen molar-refractivity contribution in [2.24, 2.45) is 0 Å². The molecule has 1 aliphatic heterocycles. The van der Waals surface area contributed by atoms with Crippen LogP contribution in [0.25, 0.3) is 0 Å². The Balaban J connectivity index is 2.36. The molecule has 1 N–H and O–H groups in total. The number of halogens is 3. The Hall–Kier alpha value is -2.12. The van der Waals surface area contributed by atoms with Gasteiger partial charge in [-0.2, -0.15) is 9.37 Å². The van der Waals surface area contributed by atoms with E-state index in [0.29, 0.717) is 6.07 Å². The number of pyridine rings is 1. The van der Waals surface area contributed by atoms with E-state index >= 15 is 0 Å². The van der Waals surface area contributed by atoms with E-state index in [1.54, 1.807) is 0 Å². The Kier molecular flexibility index (Phi) is 2.70. The highest BCUT2D eigenvalue weighted by molar-refractivity contribution is 6.02. The number of aromatic nitrogens is 1. The van der Waals surface area contributed by atoms with Crippen molar-refractivity contribution < 1.29 is 22.8 Å². The summed E-state index contributed by atoms with van der Waals surface area (Å²) < 4.78 is 38.8. The normalized spacial score (nSPS) is 16.1. The Morgan fingerprint density at radius 3 is 2.29 bits per heavy atom. The fourth-order valence-corrected chi connectivity index (χ4v) is 1.44. The predicted molar refractivity (Wildman–Crippen MR) is 49.5 cm³/mol. The summed E-state index contributed by atoms with van der Waals surface area (Å²) in [7, 11) is 0. The van der Waals surface area contributed by atoms with Gasteiger partial charge in [0.15, 0.2) is 17.5 Å². The van der Waals surface area contributed by atoms with Crippen LogP contribution in [-0.2, 0) is 9.59 Å². The minimum Gasteiger partial charge on any atom is -0.335 e. The van der Waals surface area contributed by atoms with Crippen LogP contribution in [0.1, 0.15) is 0 Å². The Morgan fingerprint density at radius 2 is 1.71 bits per heavy atom. The molecule has 0 saturated carbocycles. The van der Waals surface area contributed by atoms with Crippen LogP contribution in [0.4, 0.5) is 19.0 Å².